The summed E-state index contributed by atoms with van der Waals surface area (Å²) in [6.45, 7) is 0. The van der Waals surface area contributed by atoms with Gasteiger partial charge in [0.05, 0.1) is 4.47 Å². The van der Waals surface area contributed by atoms with Gasteiger partial charge in [0.25, 0.3) is 0 Å². The minimum Gasteiger partial charge on any atom is -0.271 e. The van der Waals surface area contributed by atoms with Gasteiger partial charge in [0.1, 0.15) is 5.82 Å². The maximum Gasteiger partial charge on any atom is 0.137 e. The quantitative estimate of drug-likeness (QED) is 0.630. The van der Waals surface area contributed by atoms with E-state index in [1.54, 1.807) is 6.07 Å². The van der Waals surface area contributed by atoms with E-state index >= 15 is 0 Å². The second-order valence-electron chi connectivity index (χ2n) is 4.58. The lowest BCUT2D eigenvalue weighted by Gasteiger charge is -2.17. The Labute approximate surface area is 131 Å². The van der Waals surface area contributed by atoms with E-state index in [2.05, 4.69) is 21.4 Å². The predicted octanol–water partition coefficient (Wildman–Crippen LogP) is 3.86. The minimum absolute atomic E-state index is 0.0204. The SMILES string of the molecule is NNC(Cc1ccccc1Cl)Cc1cccc(F)c1Br. The normalized spacial score (nSPS) is 12.4. The summed E-state index contributed by atoms with van der Waals surface area (Å²) in [7, 11) is 0. The maximum absolute atomic E-state index is 13.5. The molecule has 0 saturated carbocycles. The van der Waals surface area contributed by atoms with Crippen molar-refractivity contribution in [2.45, 2.75) is 18.9 Å². The van der Waals surface area contributed by atoms with Gasteiger partial charge in [0, 0.05) is 11.1 Å². The lowest BCUT2D eigenvalue weighted by Crippen LogP contribution is -2.38. The molecule has 0 aromatic heterocycles. The van der Waals surface area contributed by atoms with E-state index < -0.39 is 0 Å². The first-order chi connectivity index (χ1) is 9.61. The second-order valence-corrected chi connectivity index (χ2v) is 5.78. The molecule has 1 atom stereocenters. The van der Waals surface area contributed by atoms with Gasteiger partial charge < -0.3 is 0 Å². The topological polar surface area (TPSA) is 38.0 Å². The van der Waals surface area contributed by atoms with Gasteiger partial charge >= 0.3 is 0 Å². The fourth-order valence-corrected chi connectivity index (χ4v) is 2.73. The summed E-state index contributed by atoms with van der Waals surface area (Å²) in [5.74, 6) is 5.34. The molecular formula is C15H15BrClFN2. The third-order valence-electron chi connectivity index (χ3n) is 3.16. The van der Waals surface area contributed by atoms with E-state index in [4.69, 9.17) is 17.4 Å². The molecule has 2 rings (SSSR count). The van der Waals surface area contributed by atoms with Gasteiger partial charge in [0.2, 0.25) is 0 Å². The number of hydrogen-bond donors (Lipinski definition) is 2. The van der Waals surface area contributed by atoms with Gasteiger partial charge in [-0.1, -0.05) is 41.9 Å². The molecule has 0 fully saturated rings. The van der Waals surface area contributed by atoms with Crippen LogP contribution >= 0.6 is 27.5 Å². The van der Waals surface area contributed by atoms with Crippen LogP contribution in [0.1, 0.15) is 11.1 Å². The third-order valence-corrected chi connectivity index (χ3v) is 4.41. The first kappa shape index (κ1) is 15.4. The highest BCUT2D eigenvalue weighted by atomic mass is 79.9. The van der Waals surface area contributed by atoms with Gasteiger partial charge in [-0.2, -0.15) is 0 Å². The highest BCUT2D eigenvalue weighted by Gasteiger charge is 2.14. The van der Waals surface area contributed by atoms with Crippen LogP contribution in [0, 0.1) is 5.82 Å². The van der Waals surface area contributed by atoms with E-state index in [1.807, 2.05) is 30.3 Å². The number of nitrogens with two attached hydrogens (primary N) is 1. The van der Waals surface area contributed by atoms with Crippen molar-refractivity contribution in [3.63, 3.8) is 0 Å². The number of nitrogens with one attached hydrogen (secondary N) is 1. The Kier molecular flexibility index (Phi) is 5.54. The molecule has 5 heteroatoms. The molecule has 0 spiro atoms. The Morgan fingerprint density at radius 3 is 2.45 bits per heavy atom. The lowest BCUT2D eigenvalue weighted by atomic mass is 9.99. The zero-order valence-corrected chi connectivity index (χ0v) is 13.1. The van der Waals surface area contributed by atoms with Crippen molar-refractivity contribution in [1.29, 1.82) is 0 Å². The van der Waals surface area contributed by atoms with Crippen molar-refractivity contribution in [2.24, 2.45) is 5.84 Å². The third kappa shape index (κ3) is 3.79. The highest BCUT2D eigenvalue weighted by molar-refractivity contribution is 9.10. The van der Waals surface area contributed by atoms with Crippen LogP contribution in [0.2, 0.25) is 5.02 Å². The molecule has 0 amide bonds. The molecule has 0 heterocycles. The molecular weight excluding hydrogens is 343 g/mol. The van der Waals surface area contributed by atoms with Gasteiger partial charge in [0.15, 0.2) is 0 Å². The van der Waals surface area contributed by atoms with Gasteiger partial charge in [-0.05, 0) is 52.0 Å². The fraction of sp³-hybridized carbons (Fsp3) is 0.200. The lowest BCUT2D eigenvalue weighted by molar-refractivity contribution is 0.519. The largest absolute Gasteiger partial charge is 0.271 e. The zero-order valence-electron chi connectivity index (χ0n) is 10.7. The Bertz CT molecular complexity index is 592. The van der Waals surface area contributed by atoms with E-state index in [1.165, 1.54) is 6.07 Å². The van der Waals surface area contributed by atoms with Crippen LogP contribution in [0.25, 0.3) is 0 Å². The number of hydrogen-bond acceptors (Lipinski definition) is 2. The monoisotopic (exact) mass is 356 g/mol. The zero-order chi connectivity index (χ0) is 14.5. The number of rotatable bonds is 5. The van der Waals surface area contributed by atoms with Crippen LogP contribution in [-0.2, 0) is 12.8 Å². The molecule has 20 heavy (non-hydrogen) atoms. The summed E-state index contributed by atoms with van der Waals surface area (Å²) < 4.78 is 14.0. The minimum atomic E-state index is -0.268. The molecule has 106 valence electrons. The Morgan fingerprint density at radius 1 is 1.10 bits per heavy atom. The van der Waals surface area contributed by atoms with E-state index in [9.17, 15) is 4.39 Å². The van der Waals surface area contributed by atoms with Crippen LogP contribution in [0.5, 0.6) is 0 Å². The molecule has 2 nitrogen and oxygen atoms in total. The molecule has 2 aromatic carbocycles. The molecule has 2 aromatic rings. The average Bonchev–Trinajstić information content (AvgIpc) is 2.45. The van der Waals surface area contributed by atoms with Gasteiger partial charge in [-0.15, -0.1) is 0 Å². The Hall–Kier alpha value is -0.940. The molecule has 1 unspecified atom stereocenters. The van der Waals surface area contributed by atoms with Crippen molar-refractivity contribution in [1.82, 2.24) is 5.43 Å². The summed E-state index contributed by atoms with van der Waals surface area (Å²) >= 11 is 9.42. The first-order valence-corrected chi connectivity index (χ1v) is 7.41. The van der Waals surface area contributed by atoms with Gasteiger partial charge in [-0.3, -0.25) is 11.3 Å². The van der Waals surface area contributed by atoms with Crippen molar-refractivity contribution >= 4 is 27.5 Å². The number of benzene rings is 2. The summed E-state index contributed by atoms with van der Waals surface area (Å²) in [5.41, 5.74) is 4.66. The van der Waals surface area contributed by atoms with E-state index in [-0.39, 0.29) is 11.9 Å². The average molecular weight is 358 g/mol. The van der Waals surface area contributed by atoms with Crippen LogP contribution in [0.15, 0.2) is 46.9 Å². The summed E-state index contributed by atoms with van der Waals surface area (Å²) in [6, 6.07) is 12.6. The smallest absolute Gasteiger partial charge is 0.137 e. The van der Waals surface area contributed by atoms with Crippen molar-refractivity contribution in [2.75, 3.05) is 0 Å². The Balaban J connectivity index is 2.14. The second kappa shape index (κ2) is 7.18. The molecule has 0 aliphatic carbocycles. The van der Waals surface area contributed by atoms with Crippen molar-refractivity contribution < 1.29 is 4.39 Å². The summed E-state index contributed by atoms with van der Waals surface area (Å²) in [5, 5.41) is 0.714. The highest BCUT2D eigenvalue weighted by Crippen LogP contribution is 2.23. The molecule has 0 aliphatic heterocycles. The van der Waals surface area contributed by atoms with Crippen LogP contribution in [-0.4, -0.2) is 6.04 Å². The standard InChI is InChI=1S/C15H15BrClFN2/c16-15-11(5-3-7-14(15)18)9-12(20-19)8-10-4-1-2-6-13(10)17/h1-7,12,20H,8-9,19H2. The molecule has 0 saturated heterocycles. The molecule has 0 aliphatic rings. The predicted molar refractivity (Wildman–Crippen MR) is 84.1 cm³/mol. The molecule has 3 N–H and O–H groups in total. The van der Waals surface area contributed by atoms with Crippen LogP contribution < -0.4 is 11.3 Å². The van der Waals surface area contributed by atoms with Crippen molar-refractivity contribution in [3.05, 3.63) is 68.9 Å². The Morgan fingerprint density at radius 2 is 1.75 bits per heavy atom. The maximum atomic E-state index is 13.5. The van der Waals surface area contributed by atoms with E-state index in [0.717, 1.165) is 11.1 Å². The molecule has 0 bridgehead atoms. The van der Waals surface area contributed by atoms with Crippen LogP contribution in [0.4, 0.5) is 4.39 Å². The van der Waals surface area contributed by atoms with Crippen molar-refractivity contribution in [3.8, 4) is 0 Å². The fourth-order valence-electron chi connectivity index (χ4n) is 2.09. The summed E-state index contributed by atoms with van der Waals surface area (Å²) in [6.07, 6.45) is 1.29. The van der Waals surface area contributed by atoms with E-state index in [0.29, 0.717) is 22.3 Å². The summed E-state index contributed by atoms with van der Waals surface area (Å²) in [4.78, 5) is 0. The van der Waals surface area contributed by atoms with Gasteiger partial charge in [-0.25, -0.2) is 4.39 Å². The number of halogens is 3. The molecule has 0 radical (unpaired) electrons. The van der Waals surface area contributed by atoms with Crippen LogP contribution in [0.3, 0.4) is 0 Å². The first-order valence-electron chi connectivity index (χ1n) is 6.24. The number of hydrazine groups is 1.